The maximum atomic E-state index is 13.5. The number of halogens is 3. The van der Waals surface area contributed by atoms with Gasteiger partial charge in [0.25, 0.3) is 0 Å². The van der Waals surface area contributed by atoms with Crippen LogP contribution in [0.1, 0.15) is 80.9 Å². The van der Waals surface area contributed by atoms with Crippen molar-refractivity contribution in [1.29, 1.82) is 0 Å². The molecule has 0 aromatic heterocycles. The van der Waals surface area contributed by atoms with Gasteiger partial charge in [-0.15, -0.1) is 0 Å². The molecule has 2 amide bonds. The molecule has 1 aliphatic carbocycles. The first-order valence-electron chi connectivity index (χ1n) is 13.8. The van der Waals surface area contributed by atoms with Crippen molar-refractivity contribution in [2.24, 2.45) is 5.41 Å². The molecule has 2 atom stereocenters. The smallest absolute Gasteiger partial charge is 0.416 e. The first-order chi connectivity index (χ1) is 19.0. The zero-order valence-electron chi connectivity index (χ0n) is 25.0. The summed E-state index contributed by atoms with van der Waals surface area (Å²) in [4.78, 5) is 28.6. The number of rotatable bonds is 6. The lowest BCUT2D eigenvalue weighted by molar-refractivity contribution is -0.137. The number of benzene rings is 2. The zero-order chi connectivity index (χ0) is 30.4. The number of amides is 2. The Morgan fingerprint density at radius 2 is 1.85 bits per heavy atom. The summed E-state index contributed by atoms with van der Waals surface area (Å²) < 4.78 is 52.0. The number of carbonyl (C=O) groups excluding carboxylic acids is 2. The van der Waals surface area contributed by atoms with Crippen LogP contribution in [0.2, 0.25) is 0 Å². The van der Waals surface area contributed by atoms with Gasteiger partial charge in [-0.3, -0.25) is 9.69 Å². The van der Waals surface area contributed by atoms with Crippen molar-refractivity contribution in [3.63, 3.8) is 0 Å². The first-order valence-corrected chi connectivity index (χ1v) is 13.8. The standard InChI is InChI=1S/C32H39F3N2O4/c1-18-11-22(14-24(12-18)32(33,34)35)29-20(3)37(30(39)41-29)17-23-16-31(5,6)10-9-25(23)26-15-27(36(7)21(4)38)19(2)13-28(26)40-8/h11-15,20,29H,9-10,16-17H2,1-8H3/t20-,29-/m0/s1. The molecule has 0 unspecified atom stereocenters. The summed E-state index contributed by atoms with van der Waals surface area (Å²) in [6, 6.07) is 7.23. The van der Waals surface area contributed by atoms with Gasteiger partial charge in [-0.1, -0.05) is 25.5 Å². The van der Waals surface area contributed by atoms with E-state index in [1.54, 1.807) is 36.9 Å². The van der Waals surface area contributed by atoms with Crippen LogP contribution in [0.25, 0.3) is 5.57 Å². The van der Waals surface area contributed by atoms with E-state index in [0.717, 1.165) is 59.4 Å². The van der Waals surface area contributed by atoms with Crippen molar-refractivity contribution in [3.8, 4) is 5.75 Å². The highest BCUT2D eigenvalue weighted by Crippen LogP contribution is 2.47. The van der Waals surface area contributed by atoms with Crippen LogP contribution in [0.15, 0.2) is 35.9 Å². The second kappa shape index (κ2) is 11.1. The summed E-state index contributed by atoms with van der Waals surface area (Å²) in [7, 11) is 3.35. The zero-order valence-corrected chi connectivity index (χ0v) is 25.0. The van der Waals surface area contributed by atoms with Crippen LogP contribution in [0.5, 0.6) is 5.75 Å². The van der Waals surface area contributed by atoms with E-state index in [1.807, 2.05) is 26.0 Å². The predicted octanol–water partition coefficient (Wildman–Crippen LogP) is 7.86. The molecule has 41 heavy (non-hydrogen) atoms. The Bertz CT molecular complexity index is 1400. The molecule has 0 spiro atoms. The molecule has 2 aliphatic rings. The molecule has 4 rings (SSSR count). The summed E-state index contributed by atoms with van der Waals surface area (Å²) in [6.07, 6.45) is -3.48. The molecule has 2 aromatic carbocycles. The summed E-state index contributed by atoms with van der Waals surface area (Å²) in [6.45, 7) is 11.5. The van der Waals surface area contributed by atoms with Crippen LogP contribution in [0, 0.1) is 19.3 Å². The Labute approximate surface area is 240 Å². The van der Waals surface area contributed by atoms with Crippen LogP contribution >= 0.6 is 0 Å². The van der Waals surface area contributed by atoms with Crippen LogP contribution in [-0.4, -0.2) is 43.6 Å². The predicted molar refractivity (Wildman–Crippen MR) is 153 cm³/mol. The number of ether oxygens (including phenoxy) is 2. The minimum Gasteiger partial charge on any atom is -0.496 e. The quantitative estimate of drug-likeness (QED) is 0.354. The van der Waals surface area contributed by atoms with Gasteiger partial charge in [-0.2, -0.15) is 13.2 Å². The lowest BCUT2D eigenvalue weighted by Crippen LogP contribution is -2.35. The largest absolute Gasteiger partial charge is 0.496 e. The number of allylic oxidation sites excluding steroid dienone is 1. The Hall–Kier alpha value is -3.49. The average Bonchev–Trinajstić information content (AvgIpc) is 3.15. The van der Waals surface area contributed by atoms with Gasteiger partial charge in [0.15, 0.2) is 0 Å². The second-order valence-electron chi connectivity index (χ2n) is 12.1. The van der Waals surface area contributed by atoms with Crippen LogP contribution in [-0.2, 0) is 15.7 Å². The molecular formula is C32H39F3N2O4. The number of nitrogens with zero attached hydrogens (tertiary/aromatic N) is 2. The van der Waals surface area contributed by atoms with Crippen LogP contribution < -0.4 is 9.64 Å². The fourth-order valence-corrected chi connectivity index (χ4v) is 6.00. The number of methoxy groups -OCH3 is 1. The Balaban J connectivity index is 1.75. The SMILES string of the molecule is COc1cc(C)c(N(C)C(C)=O)cc1C1=C(CN2C(=O)O[C@H](c3cc(C)cc(C(F)(F)F)c3)[C@@H]2C)CC(C)(C)CC1. The molecule has 0 radical (unpaired) electrons. The van der Waals surface area contributed by atoms with Gasteiger partial charge in [0.05, 0.1) is 18.7 Å². The van der Waals surface area contributed by atoms with E-state index >= 15 is 0 Å². The third-order valence-corrected chi connectivity index (χ3v) is 8.36. The molecule has 1 aliphatic heterocycles. The molecule has 9 heteroatoms. The van der Waals surface area contributed by atoms with E-state index in [-0.39, 0.29) is 17.9 Å². The van der Waals surface area contributed by atoms with E-state index in [2.05, 4.69) is 13.8 Å². The molecule has 1 saturated heterocycles. The lowest BCUT2D eigenvalue weighted by Gasteiger charge is -2.36. The molecule has 0 N–H and O–H groups in total. The molecular weight excluding hydrogens is 533 g/mol. The van der Waals surface area contributed by atoms with Crippen LogP contribution in [0.3, 0.4) is 0 Å². The highest BCUT2D eigenvalue weighted by molar-refractivity contribution is 5.93. The fourth-order valence-electron chi connectivity index (χ4n) is 6.00. The molecule has 1 heterocycles. The normalized spacial score (nSPS) is 20.8. The maximum absolute atomic E-state index is 13.5. The number of alkyl halides is 3. The van der Waals surface area contributed by atoms with Crippen molar-refractivity contribution >= 4 is 23.3 Å². The molecule has 0 saturated carbocycles. The van der Waals surface area contributed by atoms with E-state index in [1.165, 1.54) is 6.92 Å². The van der Waals surface area contributed by atoms with Gasteiger partial charge in [0, 0.05) is 31.8 Å². The van der Waals surface area contributed by atoms with E-state index in [4.69, 9.17) is 9.47 Å². The molecule has 0 bridgehead atoms. The Kier molecular flexibility index (Phi) is 8.22. The summed E-state index contributed by atoms with van der Waals surface area (Å²) in [5, 5.41) is 0. The lowest BCUT2D eigenvalue weighted by atomic mass is 9.72. The van der Waals surface area contributed by atoms with Crippen LogP contribution in [0.4, 0.5) is 23.7 Å². The number of aryl methyl sites for hydroxylation is 2. The van der Waals surface area contributed by atoms with Gasteiger partial charge < -0.3 is 14.4 Å². The van der Waals surface area contributed by atoms with Gasteiger partial charge >= 0.3 is 12.3 Å². The average molecular weight is 573 g/mol. The number of hydrogen-bond donors (Lipinski definition) is 0. The van der Waals surface area contributed by atoms with E-state index in [9.17, 15) is 22.8 Å². The van der Waals surface area contributed by atoms with Crippen molar-refractivity contribution in [2.45, 2.75) is 79.1 Å². The molecule has 222 valence electrons. The maximum Gasteiger partial charge on any atom is 0.416 e. The van der Waals surface area contributed by atoms with Gasteiger partial charge in [0.2, 0.25) is 5.91 Å². The highest BCUT2D eigenvalue weighted by Gasteiger charge is 2.42. The number of carbonyl (C=O) groups is 2. The van der Waals surface area contributed by atoms with Gasteiger partial charge in [0.1, 0.15) is 11.9 Å². The van der Waals surface area contributed by atoms with Crippen molar-refractivity contribution in [3.05, 3.63) is 63.7 Å². The number of cyclic esters (lactones) is 1. The van der Waals surface area contributed by atoms with Crippen molar-refractivity contribution < 1.29 is 32.2 Å². The van der Waals surface area contributed by atoms with Crippen molar-refractivity contribution in [2.75, 3.05) is 25.6 Å². The minimum atomic E-state index is -4.50. The fraction of sp³-hybridized carbons (Fsp3) is 0.500. The summed E-state index contributed by atoms with van der Waals surface area (Å²) in [5.74, 6) is 0.595. The molecule has 6 nitrogen and oxygen atoms in total. The topological polar surface area (TPSA) is 59.1 Å². The molecule has 2 aromatic rings. The third kappa shape index (κ3) is 6.23. The minimum absolute atomic E-state index is 0.0137. The molecule has 1 fully saturated rings. The van der Waals surface area contributed by atoms with E-state index < -0.39 is 30.0 Å². The Morgan fingerprint density at radius 3 is 2.46 bits per heavy atom. The third-order valence-electron chi connectivity index (χ3n) is 8.36. The monoisotopic (exact) mass is 572 g/mol. The number of hydrogen-bond acceptors (Lipinski definition) is 4. The Morgan fingerprint density at radius 1 is 1.17 bits per heavy atom. The van der Waals surface area contributed by atoms with Gasteiger partial charge in [-0.25, -0.2) is 4.79 Å². The summed E-state index contributed by atoms with van der Waals surface area (Å²) in [5.41, 5.74) is 4.66. The first kappa shape index (κ1) is 30.5. The summed E-state index contributed by atoms with van der Waals surface area (Å²) >= 11 is 0. The highest BCUT2D eigenvalue weighted by atomic mass is 19.4. The van der Waals surface area contributed by atoms with E-state index in [0.29, 0.717) is 16.9 Å². The second-order valence-corrected chi connectivity index (χ2v) is 12.1. The van der Waals surface area contributed by atoms with Gasteiger partial charge in [-0.05, 0) is 92.0 Å². The van der Waals surface area contributed by atoms with Crippen molar-refractivity contribution in [1.82, 2.24) is 4.90 Å². The number of anilines is 1.